The molecule has 1 aromatic rings. The molecule has 2 nitrogen and oxygen atoms in total. The minimum Gasteiger partial charge on any atom is -0.271 e. The van der Waals surface area contributed by atoms with E-state index in [1.165, 1.54) is 12.1 Å². The van der Waals surface area contributed by atoms with E-state index in [0.29, 0.717) is 5.56 Å². The van der Waals surface area contributed by atoms with Gasteiger partial charge >= 0.3 is 0 Å². The monoisotopic (exact) mass is 268 g/mol. The minimum atomic E-state index is -0.520. The van der Waals surface area contributed by atoms with Crippen molar-refractivity contribution in [3.8, 4) is 0 Å². The highest BCUT2D eigenvalue weighted by Crippen LogP contribution is 2.49. The normalized spacial score (nSPS) is 23.6. The third-order valence-electron chi connectivity index (χ3n) is 4.55. The highest BCUT2D eigenvalue weighted by Gasteiger charge is 2.41. The van der Waals surface area contributed by atoms with Crippen LogP contribution in [0.4, 0.5) is 8.78 Å². The van der Waals surface area contributed by atoms with Crippen LogP contribution < -0.4 is 11.3 Å². The van der Waals surface area contributed by atoms with E-state index in [9.17, 15) is 8.78 Å². The van der Waals surface area contributed by atoms with Crippen LogP contribution in [0.25, 0.3) is 0 Å². The first-order valence-electron chi connectivity index (χ1n) is 6.79. The number of nitrogens with two attached hydrogens (primary N) is 1. The van der Waals surface area contributed by atoms with Crippen molar-refractivity contribution in [1.29, 1.82) is 0 Å². The maximum Gasteiger partial charge on any atom is 0.133 e. The zero-order valence-electron chi connectivity index (χ0n) is 11.8. The molecule has 2 rings (SSSR count). The Labute approximate surface area is 113 Å². The standard InChI is InChI=1S/C15H22F2N2/c1-9-6-7-11(16)12(13(9)17)14(19-18)10-5-4-8-15(10,2)3/h6-7,10,14,19H,4-5,8,18H2,1-3H3. The summed E-state index contributed by atoms with van der Waals surface area (Å²) in [6.45, 7) is 5.92. The molecule has 4 heteroatoms. The van der Waals surface area contributed by atoms with Crippen molar-refractivity contribution in [2.45, 2.75) is 46.1 Å². The Morgan fingerprint density at radius 2 is 2.05 bits per heavy atom. The molecule has 3 N–H and O–H groups in total. The number of hydrogen-bond acceptors (Lipinski definition) is 2. The van der Waals surface area contributed by atoms with Gasteiger partial charge in [0.05, 0.1) is 6.04 Å². The predicted octanol–water partition coefficient (Wildman–Crippen LogP) is 3.60. The fraction of sp³-hybridized carbons (Fsp3) is 0.600. The molecule has 1 aromatic carbocycles. The fourth-order valence-corrected chi connectivity index (χ4v) is 3.34. The summed E-state index contributed by atoms with van der Waals surface area (Å²) >= 11 is 0. The van der Waals surface area contributed by atoms with E-state index in [-0.39, 0.29) is 16.9 Å². The van der Waals surface area contributed by atoms with Gasteiger partial charge < -0.3 is 0 Å². The molecule has 0 amide bonds. The molecule has 0 spiro atoms. The summed E-state index contributed by atoms with van der Waals surface area (Å²) in [7, 11) is 0. The van der Waals surface area contributed by atoms with E-state index in [1.54, 1.807) is 6.92 Å². The van der Waals surface area contributed by atoms with Crippen molar-refractivity contribution in [2.24, 2.45) is 17.2 Å². The van der Waals surface area contributed by atoms with Crippen LogP contribution in [0.3, 0.4) is 0 Å². The van der Waals surface area contributed by atoms with Crippen LogP contribution in [0.1, 0.15) is 50.3 Å². The van der Waals surface area contributed by atoms with Crippen molar-refractivity contribution in [2.75, 3.05) is 0 Å². The van der Waals surface area contributed by atoms with E-state index in [0.717, 1.165) is 19.3 Å². The Morgan fingerprint density at radius 3 is 2.58 bits per heavy atom. The highest BCUT2D eigenvalue weighted by molar-refractivity contribution is 5.30. The molecule has 0 heterocycles. The van der Waals surface area contributed by atoms with Crippen LogP contribution in [0, 0.1) is 29.9 Å². The maximum absolute atomic E-state index is 14.3. The van der Waals surface area contributed by atoms with Gasteiger partial charge in [0.2, 0.25) is 0 Å². The van der Waals surface area contributed by atoms with E-state index >= 15 is 0 Å². The molecular weight excluding hydrogens is 246 g/mol. The zero-order chi connectivity index (χ0) is 14.2. The van der Waals surface area contributed by atoms with Crippen molar-refractivity contribution in [1.82, 2.24) is 5.43 Å². The molecule has 0 bridgehead atoms. The molecule has 0 saturated heterocycles. The first kappa shape index (κ1) is 14.4. The summed E-state index contributed by atoms with van der Waals surface area (Å²) in [6, 6.07) is 2.30. The number of hydrogen-bond donors (Lipinski definition) is 2. The van der Waals surface area contributed by atoms with Crippen LogP contribution in [0.5, 0.6) is 0 Å². The van der Waals surface area contributed by atoms with Crippen molar-refractivity contribution < 1.29 is 8.78 Å². The van der Waals surface area contributed by atoms with Crippen LogP contribution in [0.15, 0.2) is 12.1 Å². The van der Waals surface area contributed by atoms with E-state index in [4.69, 9.17) is 5.84 Å². The first-order chi connectivity index (χ1) is 8.88. The van der Waals surface area contributed by atoms with Gasteiger partial charge in [-0.2, -0.15) is 0 Å². The lowest BCUT2D eigenvalue weighted by molar-refractivity contribution is 0.192. The second-order valence-electron chi connectivity index (χ2n) is 6.22. The Balaban J connectivity index is 2.46. The van der Waals surface area contributed by atoms with Crippen LogP contribution >= 0.6 is 0 Å². The fourth-order valence-electron chi connectivity index (χ4n) is 3.34. The molecule has 106 valence electrons. The van der Waals surface area contributed by atoms with Crippen LogP contribution in [-0.2, 0) is 0 Å². The summed E-state index contributed by atoms with van der Waals surface area (Å²) in [5.41, 5.74) is 3.22. The Bertz CT molecular complexity index is 471. The predicted molar refractivity (Wildman–Crippen MR) is 72.3 cm³/mol. The van der Waals surface area contributed by atoms with E-state index in [1.807, 2.05) is 0 Å². The van der Waals surface area contributed by atoms with Gasteiger partial charge in [-0.15, -0.1) is 0 Å². The number of benzene rings is 1. The molecule has 0 aromatic heterocycles. The lowest BCUT2D eigenvalue weighted by Gasteiger charge is -2.34. The van der Waals surface area contributed by atoms with Gasteiger partial charge in [-0.25, -0.2) is 8.78 Å². The summed E-state index contributed by atoms with van der Waals surface area (Å²) in [4.78, 5) is 0. The van der Waals surface area contributed by atoms with Gasteiger partial charge in [-0.3, -0.25) is 11.3 Å². The lowest BCUT2D eigenvalue weighted by atomic mass is 9.75. The zero-order valence-corrected chi connectivity index (χ0v) is 11.8. The summed E-state index contributed by atoms with van der Waals surface area (Å²) in [5, 5.41) is 0. The number of aryl methyl sites for hydroxylation is 1. The van der Waals surface area contributed by atoms with Gasteiger partial charge in [0.25, 0.3) is 0 Å². The molecule has 2 unspecified atom stereocenters. The molecule has 1 aliphatic rings. The average Bonchev–Trinajstić information content (AvgIpc) is 2.69. The number of nitrogens with one attached hydrogen (secondary N) is 1. The molecule has 0 aliphatic heterocycles. The van der Waals surface area contributed by atoms with E-state index < -0.39 is 17.7 Å². The lowest BCUT2D eigenvalue weighted by Crippen LogP contribution is -2.39. The molecule has 1 aliphatic carbocycles. The summed E-state index contributed by atoms with van der Waals surface area (Å²) in [5.74, 6) is 4.75. The van der Waals surface area contributed by atoms with Crippen LogP contribution in [-0.4, -0.2) is 0 Å². The third kappa shape index (κ3) is 2.51. The van der Waals surface area contributed by atoms with Gasteiger partial charge in [-0.05, 0) is 42.7 Å². The smallest absolute Gasteiger partial charge is 0.133 e. The largest absolute Gasteiger partial charge is 0.271 e. The minimum absolute atomic E-state index is 0.0413. The second-order valence-corrected chi connectivity index (χ2v) is 6.22. The number of rotatable bonds is 3. The Kier molecular flexibility index (Phi) is 3.92. The van der Waals surface area contributed by atoms with Crippen molar-refractivity contribution >= 4 is 0 Å². The molecule has 1 saturated carbocycles. The van der Waals surface area contributed by atoms with Crippen LogP contribution in [0.2, 0.25) is 0 Å². The second kappa shape index (κ2) is 5.17. The average molecular weight is 268 g/mol. The van der Waals surface area contributed by atoms with Gasteiger partial charge in [-0.1, -0.05) is 26.3 Å². The van der Waals surface area contributed by atoms with Gasteiger partial charge in [0.1, 0.15) is 11.6 Å². The van der Waals surface area contributed by atoms with Gasteiger partial charge in [0.15, 0.2) is 0 Å². The molecule has 19 heavy (non-hydrogen) atoms. The van der Waals surface area contributed by atoms with Gasteiger partial charge in [0, 0.05) is 5.56 Å². The van der Waals surface area contributed by atoms with E-state index in [2.05, 4.69) is 19.3 Å². The summed E-state index contributed by atoms with van der Waals surface area (Å²) < 4.78 is 28.3. The number of halogens is 2. The topological polar surface area (TPSA) is 38.0 Å². The third-order valence-corrected chi connectivity index (χ3v) is 4.55. The number of hydrazine groups is 1. The molecule has 1 fully saturated rings. The first-order valence-corrected chi connectivity index (χ1v) is 6.79. The quantitative estimate of drug-likeness (QED) is 0.649. The van der Waals surface area contributed by atoms with Crippen molar-refractivity contribution in [3.63, 3.8) is 0 Å². The molecule has 2 atom stereocenters. The highest BCUT2D eigenvalue weighted by atomic mass is 19.1. The Morgan fingerprint density at radius 1 is 1.37 bits per heavy atom. The Hall–Kier alpha value is -1.00. The van der Waals surface area contributed by atoms with Crippen molar-refractivity contribution in [3.05, 3.63) is 34.9 Å². The SMILES string of the molecule is Cc1ccc(F)c(C(NN)C2CCCC2(C)C)c1F. The molecule has 0 radical (unpaired) electrons. The maximum atomic E-state index is 14.3. The summed E-state index contributed by atoms with van der Waals surface area (Å²) in [6.07, 6.45) is 3.07. The molecular formula is C15H22F2N2.